The van der Waals surface area contributed by atoms with Gasteiger partial charge in [-0.2, -0.15) is 0 Å². The number of hydrogen-bond acceptors (Lipinski definition) is 3. The third-order valence-corrected chi connectivity index (χ3v) is 0.385. The number of rotatable bonds is 2. The minimum Gasteiger partial charge on any atom is -0.853 e. The van der Waals surface area contributed by atoms with Crippen LogP contribution in [0.1, 0.15) is 0 Å². The standard InChI is InChI=1S/C3H6O3.2Na/c4-1-3(6)2-5;;/h3,6H,1-2H2;;/q-2;2*+1. The number of aliphatic hydroxyl groups is 1. The zero-order valence-corrected chi connectivity index (χ0v) is 9.26. The van der Waals surface area contributed by atoms with Gasteiger partial charge in [-0.25, -0.2) is 0 Å². The van der Waals surface area contributed by atoms with Crippen molar-refractivity contribution in [2.75, 3.05) is 13.2 Å². The maximum atomic E-state index is 9.41. The van der Waals surface area contributed by atoms with Crippen LogP contribution in [0.4, 0.5) is 0 Å². The Hall–Kier alpha value is 1.88. The summed E-state index contributed by atoms with van der Waals surface area (Å²) in [5.41, 5.74) is 0. The summed E-state index contributed by atoms with van der Waals surface area (Å²) < 4.78 is 0. The van der Waals surface area contributed by atoms with E-state index in [1.807, 2.05) is 0 Å². The van der Waals surface area contributed by atoms with Crippen LogP contribution in [0.25, 0.3) is 0 Å². The van der Waals surface area contributed by atoms with Crippen molar-refractivity contribution in [1.29, 1.82) is 0 Å². The number of aliphatic hydroxyl groups excluding tert-OH is 1. The van der Waals surface area contributed by atoms with Gasteiger partial charge in [-0.3, -0.25) is 0 Å². The second-order valence-corrected chi connectivity index (χ2v) is 0.987. The van der Waals surface area contributed by atoms with Crippen LogP contribution in [-0.4, -0.2) is 24.4 Å². The van der Waals surface area contributed by atoms with Gasteiger partial charge < -0.3 is 15.3 Å². The first-order chi connectivity index (χ1) is 2.81. The summed E-state index contributed by atoms with van der Waals surface area (Å²) in [6.07, 6.45) is -1.18. The second kappa shape index (κ2) is 11.6. The maximum absolute atomic E-state index is 9.41. The largest absolute Gasteiger partial charge is 1.00 e. The molecule has 3 nitrogen and oxygen atoms in total. The normalized spacial score (nSPS) is 7.50. The molecule has 0 aliphatic heterocycles. The first-order valence-electron chi connectivity index (χ1n) is 1.65. The van der Waals surface area contributed by atoms with Crippen molar-refractivity contribution in [3.63, 3.8) is 0 Å². The minimum absolute atomic E-state index is 0. The topological polar surface area (TPSA) is 66.3 Å². The third kappa shape index (κ3) is 10.8. The fourth-order valence-electron chi connectivity index (χ4n) is 0.0481. The molecule has 0 aliphatic rings. The van der Waals surface area contributed by atoms with E-state index in [9.17, 15) is 10.2 Å². The molecule has 0 saturated heterocycles. The van der Waals surface area contributed by atoms with E-state index >= 15 is 0 Å². The van der Waals surface area contributed by atoms with Crippen LogP contribution < -0.4 is 69.3 Å². The Bertz CT molecular complexity index is 31.7. The van der Waals surface area contributed by atoms with Crippen LogP contribution in [0.2, 0.25) is 0 Å². The van der Waals surface area contributed by atoms with Crippen LogP contribution >= 0.6 is 0 Å². The van der Waals surface area contributed by atoms with Gasteiger partial charge in [0, 0.05) is 6.10 Å². The van der Waals surface area contributed by atoms with Gasteiger partial charge in [0.15, 0.2) is 0 Å². The monoisotopic (exact) mass is 136 g/mol. The van der Waals surface area contributed by atoms with Gasteiger partial charge >= 0.3 is 59.1 Å². The van der Waals surface area contributed by atoms with Gasteiger partial charge in [-0.1, -0.05) is 0 Å². The van der Waals surface area contributed by atoms with Crippen LogP contribution in [0.5, 0.6) is 0 Å². The fourth-order valence-corrected chi connectivity index (χ4v) is 0.0481. The van der Waals surface area contributed by atoms with E-state index in [1.54, 1.807) is 0 Å². The molecule has 8 heavy (non-hydrogen) atoms. The molecule has 0 aliphatic carbocycles. The summed E-state index contributed by atoms with van der Waals surface area (Å²) in [5, 5.41) is 26.9. The molecule has 5 heteroatoms. The molecule has 1 N–H and O–H groups in total. The average molecular weight is 136 g/mol. The van der Waals surface area contributed by atoms with E-state index in [1.165, 1.54) is 0 Å². The molecule has 0 spiro atoms. The zero-order valence-electron chi connectivity index (χ0n) is 5.26. The Balaban J connectivity index is -0.000000125. The molecular weight excluding hydrogens is 130 g/mol. The molecule has 0 saturated carbocycles. The molecular formula is C3H6Na2O3. The van der Waals surface area contributed by atoms with Crippen molar-refractivity contribution in [3.8, 4) is 0 Å². The van der Waals surface area contributed by atoms with Gasteiger partial charge in [0.2, 0.25) is 0 Å². The quantitative estimate of drug-likeness (QED) is 0.383. The van der Waals surface area contributed by atoms with Gasteiger partial charge in [-0.15, -0.1) is 13.2 Å². The summed E-state index contributed by atoms with van der Waals surface area (Å²) in [4.78, 5) is 0. The molecule has 0 aromatic heterocycles. The smallest absolute Gasteiger partial charge is 0.853 e. The predicted octanol–water partition coefficient (Wildman–Crippen LogP) is -8.92. The maximum Gasteiger partial charge on any atom is 1.00 e. The Morgan fingerprint density at radius 3 is 1.38 bits per heavy atom. The van der Waals surface area contributed by atoms with Crippen LogP contribution in [-0.2, 0) is 0 Å². The Morgan fingerprint density at radius 2 is 1.38 bits per heavy atom. The molecule has 0 aromatic rings. The molecule has 0 bridgehead atoms. The second-order valence-electron chi connectivity index (χ2n) is 0.987. The van der Waals surface area contributed by atoms with Crippen molar-refractivity contribution in [2.45, 2.75) is 6.10 Å². The summed E-state index contributed by atoms with van der Waals surface area (Å²) in [5.74, 6) is 0. The van der Waals surface area contributed by atoms with Crippen LogP contribution in [0.3, 0.4) is 0 Å². The Labute approximate surface area is 92.7 Å². The van der Waals surface area contributed by atoms with E-state index < -0.39 is 19.3 Å². The van der Waals surface area contributed by atoms with Crippen molar-refractivity contribution in [3.05, 3.63) is 0 Å². The minimum atomic E-state index is -1.18. The molecule has 0 unspecified atom stereocenters. The predicted molar refractivity (Wildman–Crippen MR) is 15.7 cm³/mol. The van der Waals surface area contributed by atoms with E-state index in [-0.39, 0.29) is 59.1 Å². The molecule has 38 valence electrons. The first-order valence-corrected chi connectivity index (χ1v) is 1.65. The molecule has 0 aromatic carbocycles. The third-order valence-electron chi connectivity index (χ3n) is 0.385. The molecule has 0 rings (SSSR count). The molecule has 0 heterocycles. The van der Waals surface area contributed by atoms with Gasteiger partial charge in [0.1, 0.15) is 0 Å². The number of hydrogen-bond donors (Lipinski definition) is 1. The molecule has 0 fully saturated rings. The summed E-state index contributed by atoms with van der Waals surface area (Å²) >= 11 is 0. The van der Waals surface area contributed by atoms with Crippen molar-refractivity contribution in [2.24, 2.45) is 0 Å². The van der Waals surface area contributed by atoms with E-state index in [4.69, 9.17) is 5.11 Å². The zero-order chi connectivity index (χ0) is 4.99. The van der Waals surface area contributed by atoms with Crippen LogP contribution in [0.15, 0.2) is 0 Å². The summed E-state index contributed by atoms with van der Waals surface area (Å²) in [6.45, 7) is -1.35. The Morgan fingerprint density at radius 1 is 1.12 bits per heavy atom. The molecule has 0 radical (unpaired) electrons. The van der Waals surface area contributed by atoms with Gasteiger partial charge in [-0.05, 0) is 0 Å². The summed E-state index contributed by atoms with van der Waals surface area (Å²) in [7, 11) is 0. The summed E-state index contributed by atoms with van der Waals surface area (Å²) in [6, 6.07) is 0. The molecule has 0 amide bonds. The van der Waals surface area contributed by atoms with E-state index in [0.717, 1.165) is 0 Å². The van der Waals surface area contributed by atoms with Gasteiger partial charge in [0.05, 0.1) is 0 Å². The Kier molecular flexibility index (Phi) is 24.0. The SMILES string of the molecule is [Na+].[Na+].[O-]CC(O)C[O-]. The van der Waals surface area contributed by atoms with Gasteiger partial charge in [0.25, 0.3) is 0 Å². The fraction of sp³-hybridized carbons (Fsp3) is 1.00. The molecule has 0 atom stereocenters. The van der Waals surface area contributed by atoms with Crippen LogP contribution in [0, 0.1) is 0 Å². The average Bonchev–Trinajstić information content (AvgIpc) is 1.65. The van der Waals surface area contributed by atoms with Crippen molar-refractivity contribution >= 4 is 0 Å². The first kappa shape index (κ1) is 16.5. The van der Waals surface area contributed by atoms with E-state index in [0.29, 0.717) is 0 Å². The van der Waals surface area contributed by atoms with Crippen molar-refractivity contribution in [1.82, 2.24) is 0 Å². The van der Waals surface area contributed by atoms with Crippen molar-refractivity contribution < 1.29 is 74.4 Å². The van der Waals surface area contributed by atoms with E-state index in [2.05, 4.69) is 0 Å².